The zero-order valence-corrected chi connectivity index (χ0v) is 14.8. The highest BCUT2D eigenvalue weighted by Crippen LogP contribution is 2.25. The maximum atomic E-state index is 12.9. The lowest BCUT2D eigenvalue weighted by Gasteiger charge is -2.32. The van der Waals surface area contributed by atoms with Gasteiger partial charge in [-0.05, 0) is 42.5 Å². The minimum absolute atomic E-state index is 0.0756. The Morgan fingerprint density at radius 3 is 2.96 bits per heavy atom. The molecule has 132 valence electrons. The number of H-pyrrole nitrogens is 1. The van der Waals surface area contributed by atoms with E-state index in [-0.39, 0.29) is 17.9 Å². The van der Waals surface area contributed by atoms with Crippen LogP contribution in [0.15, 0.2) is 18.2 Å². The molecular weight excluding hydrogens is 316 g/mol. The molecule has 1 atom stereocenters. The molecule has 1 aromatic heterocycles. The summed E-state index contributed by atoms with van der Waals surface area (Å²) in [4.78, 5) is 19.3. The van der Waals surface area contributed by atoms with E-state index in [4.69, 9.17) is 4.74 Å². The Morgan fingerprint density at radius 1 is 1.32 bits per heavy atom. The van der Waals surface area contributed by atoms with Crippen LogP contribution in [0.2, 0.25) is 0 Å². The Kier molecular flexibility index (Phi) is 4.29. The van der Waals surface area contributed by atoms with Gasteiger partial charge >= 0.3 is 0 Å². The van der Waals surface area contributed by atoms with Gasteiger partial charge in [-0.15, -0.1) is 0 Å². The van der Waals surface area contributed by atoms with E-state index in [1.807, 2.05) is 11.0 Å². The topological polar surface area (TPSA) is 71.1 Å². The number of nitrogens with one attached hydrogen (secondary N) is 1. The maximum Gasteiger partial charge on any atom is 0.254 e. The highest BCUT2D eigenvalue weighted by atomic mass is 16.5. The zero-order valence-electron chi connectivity index (χ0n) is 14.8. The lowest BCUT2D eigenvalue weighted by molar-refractivity contribution is -0.0266. The first-order valence-electron chi connectivity index (χ1n) is 9.06. The first-order chi connectivity index (χ1) is 12.1. The van der Waals surface area contributed by atoms with Gasteiger partial charge < -0.3 is 9.64 Å². The molecule has 0 radical (unpaired) electrons. The van der Waals surface area contributed by atoms with Gasteiger partial charge in [-0.2, -0.15) is 5.10 Å². The molecule has 1 aliphatic heterocycles. The molecule has 6 nitrogen and oxygen atoms in total. The lowest BCUT2D eigenvalue weighted by atomic mass is 10.1. The van der Waals surface area contributed by atoms with E-state index in [1.54, 1.807) is 0 Å². The van der Waals surface area contributed by atoms with Crippen LogP contribution >= 0.6 is 0 Å². The van der Waals surface area contributed by atoms with Crippen LogP contribution < -0.4 is 0 Å². The number of aromatic amines is 1. The summed E-state index contributed by atoms with van der Waals surface area (Å²) in [7, 11) is 0. The number of benzene rings is 1. The largest absolute Gasteiger partial charge is 0.367 e. The molecule has 2 aliphatic rings. The van der Waals surface area contributed by atoms with Crippen LogP contribution in [0.4, 0.5) is 0 Å². The number of ether oxygens (including phenoxy) is 1. The third kappa shape index (κ3) is 3.18. The van der Waals surface area contributed by atoms with Crippen LogP contribution in [0.5, 0.6) is 0 Å². The van der Waals surface area contributed by atoms with Gasteiger partial charge in [0.1, 0.15) is 6.10 Å². The number of rotatable bonds is 3. The van der Waals surface area contributed by atoms with Crippen LogP contribution in [0.3, 0.4) is 0 Å². The summed E-state index contributed by atoms with van der Waals surface area (Å²) in [6.45, 7) is 5.73. The number of aryl methyl sites for hydroxylation is 2. The molecule has 25 heavy (non-hydrogen) atoms. The normalized spacial score (nSPS) is 20.1. The number of amides is 1. The monoisotopic (exact) mass is 340 g/mol. The molecule has 2 aromatic rings. The molecule has 0 spiro atoms. The van der Waals surface area contributed by atoms with Gasteiger partial charge in [-0.3, -0.25) is 9.89 Å². The second-order valence-electron chi connectivity index (χ2n) is 7.18. The smallest absolute Gasteiger partial charge is 0.254 e. The van der Waals surface area contributed by atoms with Crippen LogP contribution in [0.25, 0.3) is 0 Å². The minimum atomic E-state index is -0.243. The van der Waals surface area contributed by atoms with Crippen LogP contribution in [-0.2, 0) is 17.6 Å². The molecular formula is C19H24N4O2. The van der Waals surface area contributed by atoms with Crippen LogP contribution in [-0.4, -0.2) is 45.7 Å². The van der Waals surface area contributed by atoms with Gasteiger partial charge in [0.25, 0.3) is 5.91 Å². The number of hydrogen-bond acceptors (Lipinski definition) is 4. The second kappa shape index (κ2) is 6.59. The fourth-order valence-electron chi connectivity index (χ4n) is 3.58. The predicted molar refractivity (Wildman–Crippen MR) is 93.5 cm³/mol. The van der Waals surface area contributed by atoms with E-state index in [2.05, 4.69) is 41.2 Å². The number of carbonyl (C=O) groups is 1. The van der Waals surface area contributed by atoms with E-state index in [1.165, 1.54) is 17.5 Å². The maximum absolute atomic E-state index is 12.9. The number of fused-ring (bicyclic) bond motifs is 1. The number of morpholine rings is 1. The molecule has 1 fully saturated rings. The fraction of sp³-hybridized carbons (Fsp3) is 0.526. The summed E-state index contributed by atoms with van der Waals surface area (Å²) >= 11 is 0. The molecule has 1 aromatic carbocycles. The fourth-order valence-corrected chi connectivity index (χ4v) is 3.58. The van der Waals surface area contributed by atoms with Gasteiger partial charge in [-0.1, -0.05) is 19.9 Å². The summed E-state index contributed by atoms with van der Waals surface area (Å²) in [5, 5.41) is 7.20. The molecule has 0 bridgehead atoms. The molecule has 4 rings (SSSR count). The van der Waals surface area contributed by atoms with Crippen molar-refractivity contribution in [3.63, 3.8) is 0 Å². The summed E-state index contributed by atoms with van der Waals surface area (Å²) in [5.41, 5.74) is 3.49. The molecule has 1 unspecified atom stereocenters. The summed E-state index contributed by atoms with van der Waals surface area (Å²) in [6, 6.07) is 6.14. The Hall–Kier alpha value is -2.21. The number of carbonyl (C=O) groups excluding carboxylic acids is 1. The quantitative estimate of drug-likeness (QED) is 0.932. The van der Waals surface area contributed by atoms with Crippen molar-refractivity contribution in [2.24, 2.45) is 0 Å². The number of aromatic nitrogens is 3. The summed E-state index contributed by atoms with van der Waals surface area (Å²) < 4.78 is 5.82. The van der Waals surface area contributed by atoms with E-state index >= 15 is 0 Å². The van der Waals surface area contributed by atoms with Crippen molar-refractivity contribution in [1.82, 2.24) is 20.1 Å². The van der Waals surface area contributed by atoms with Crippen molar-refractivity contribution in [1.29, 1.82) is 0 Å². The van der Waals surface area contributed by atoms with Gasteiger partial charge in [0.15, 0.2) is 11.6 Å². The molecule has 6 heteroatoms. The van der Waals surface area contributed by atoms with Crippen molar-refractivity contribution < 1.29 is 9.53 Å². The van der Waals surface area contributed by atoms with Crippen molar-refractivity contribution in [3.05, 3.63) is 46.5 Å². The van der Waals surface area contributed by atoms with Gasteiger partial charge in [-0.25, -0.2) is 4.98 Å². The van der Waals surface area contributed by atoms with E-state index in [9.17, 15) is 4.79 Å². The van der Waals surface area contributed by atoms with Crippen molar-refractivity contribution >= 4 is 5.91 Å². The van der Waals surface area contributed by atoms with Crippen molar-refractivity contribution in [3.8, 4) is 0 Å². The van der Waals surface area contributed by atoms with Crippen LogP contribution in [0.1, 0.15) is 65.4 Å². The molecule has 1 amide bonds. The Morgan fingerprint density at radius 2 is 2.16 bits per heavy atom. The van der Waals surface area contributed by atoms with Gasteiger partial charge in [0, 0.05) is 18.0 Å². The Labute approximate surface area is 147 Å². The predicted octanol–water partition coefficient (Wildman–Crippen LogP) is 2.63. The average Bonchev–Trinajstić information content (AvgIpc) is 3.30. The second-order valence-corrected chi connectivity index (χ2v) is 7.18. The van der Waals surface area contributed by atoms with Gasteiger partial charge in [0.05, 0.1) is 13.2 Å². The average molecular weight is 340 g/mol. The Bertz CT molecular complexity index is 783. The van der Waals surface area contributed by atoms with E-state index < -0.39 is 0 Å². The minimum Gasteiger partial charge on any atom is -0.367 e. The van der Waals surface area contributed by atoms with Crippen molar-refractivity contribution in [2.45, 2.75) is 45.1 Å². The number of hydrogen-bond donors (Lipinski definition) is 1. The molecule has 1 saturated heterocycles. The van der Waals surface area contributed by atoms with Crippen LogP contribution in [0, 0.1) is 0 Å². The summed E-state index contributed by atoms with van der Waals surface area (Å²) in [6.07, 6.45) is 3.16. The van der Waals surface area contributed by atoms with Crippen molar-refractivity contribution in [2.75, 3.05) is 19.7 Å². The highest BCUT2D eigenvalue weighted by molar-refractivity contribution is 5.94. The first-order valence-corrected chi connectivity index (χ1v) is 9.06. The SMILES string of the molecule is CC(C)c1n[nH]c(C2CN(C(=O)c3ccc4c(c3)CCC4)CCO2)n1. The molecule has 1 aliphatic carbocycles. The van der Waals surface area contributed by atoms with E-state index in [0.29, 0.717) is 25.5 Å². The Balaban J connectivity index is 1.49. The van der Waals surface area contributed by atoms with E-state index in [0.717, 1.165) is 24.2 Å². The molecule has 2 heterocycles. The molecule has 0 saturated carbocycles. The first kappa shape index (κ1) is 16.3. The third-order valence-electron chi connectivity index (χ3n) is 5.04. The number of nitrogens with zero attached hydrogens (tertiary/aromatic N) is 3. The molecule has 1 N–H and O–H groups in total. The zero-order chi connectivity index (χ0) is 17.4. The third-order valence-corrected chi connectivity index (χ3v) is 5.04. The lowest BCUT2D eigenvalue weighted by Crippen LogP contribution is -2.42. The highest BCUT2D eigenvalue weighted by Gasteiger charge is 2.29. The standard InChI is InChI=1S/C19H24N4O2/c1-12(2)17-20-18(22-21-17)16-11-23(8-9-25-16)19(24)15-7-6-13-4-3-5-14(13)10-15/h6-7,10,12,16H,3-5,8-9,11H2,1-2H3,(H,20,21,22). The summed E-state index contributed by atoms with van der Waals surface area (Å²) in [5.74, 6) is 1.82. The van der Waals surface area contributed by atoms with Gasteiger partial charge in [0.2, 0.25) is 0 Å².